The molecule has 3 fully saturated rings. The summed E-state index contributed by atoms with van der Waals surface area (Å²) in [5, 5.41) is 0. The molecule has 3 aliphatic rings. The number of fused-ring (bicyclic) bond motifs is 2. The second kappa shape index (κ2) is 1.39. The van der Waals surface area contributed by atoms with Crippen LogP contribution in [0.4, 0.5) is 0 Å². The van der Waals surface area contributed by atoms with Crippen LogP contribution in [-0.2, 0) is 4.74 Å². The van der Waals surface area contributed by atoms with Crippen LogP contribution >= 0.6 is 0 Å². The third kappa shape index (κ3) is 0.618. The maximum absolute atomic E-state index is 5.66. The van der Waals surface area contributed by atoms with Gasteiger partial charge >= 0.3 is 0 Å². The first kappa shape index (κ1) is 6.47. The van der Waals surface area contributed by atoms with E-state index in [0.29, 0.717) is 17.1 Å². The van der Waals surface area contributed by atoms with Crippen molar-refractivity contribution < 1.29 is 4.74 Å². The van der Waals surface area contributed by atoms with E-state index in [0.717, 1.165) is 11.8 Å². The molecule has 1 saturated heterocycles. The second-order valence-electron chi connectivity index (χ2n) is 5.39. The number of hydrogen-bond acceptors (Lipinski definition) is 1. The third-order valence-corrected chi connectivity index (χ3v) is 4.42. The van der Waals surface area contributed by atoms with E-state index in [1.54, 1.807) is 0 Å². The minimum atomic E-state index is 0.314. The van der Waals surface area contributed by atoms with E-state index >= 15 is 0 Å². The molecule has 4 atom stereocenters. The first-order chi connectivity index (χ1) is 5.04. The maximum Gasteiger partial charge on any atom is 0.0923 e. The quantitative estimate of drug-likeness (QED) is 0.485. The predicted octanol–water partition coefficient (Wildman–Crippen LogP) is 2.21. The number of ether oxygens (including phenoxy) is 1. The summed E-state index contributed by atoms with van der Waals surface area (Å²) < 4.78 is 5.66. The van der Waals surface area contributed by atoms with Gasteiger partial charge in [-0.25, -0.2) is 0 Å². The molecular formula is C10H16O. The van der Waals surface area contributed by atoms with E-state index in [1.807, 2.05) is 0 Å². The van der Waals surface area contributed by atoms with E-state index in [9.17, 15) is 0 Å². The molecular weight excluding hydrogens is 136 g/mol. The van der Waals surface area contributed by atoms with Crippen LogP contribution in [0.15, 0.2) is 0 Å². The van der Waals surface area contributed by atoms with Crippen LogP contribution < -0.4 is 0 Å². The summed E-state index contributed by atoms with van der Waals surface area (Å²) in [7, 11) is 0. The highest BCUT2D eigenvalue weighted by Crippen LogP contribution is 2.70. The Hall–Kier alpha value is -0.0400. The summed E-state index contributed by atoms with van der Waals surface area (Å²) in [6.07, 6.45) is 3.30. The van der Waals surface area contributed by atoms with Crippen LogP contribution in [0.1, 0.15) is 33.6 Å². The highest BCUT2D eigenvalue weighted by Gasteiger charge is 2.70. The highest BCUT2D eigenvalue weighted by atomic mass is 16.6. The van der Waals surface area contributed by atoms with Crippen molar-refractivity contribution in [1.82, 2.24) is 0 Å². The van der Waals surface area contributed by atoms with Crippen molar-refractivity contribution in [3.8, 4) is 0 Å². The van der Waals surface area contributed by atoms with Gasteiger partial charge in [-0.15, -0.1) is 0 Å². The molecule has 0 unspecified atom stereocenters. The average Bonchev–Trinajstić information content (AvgIpc) is 2.68. The van der Waals surface area contributed by atoms with Crippen molar-refractivity contribution >= 4 is 0 Å². The first-order valence-electron chi connectivity index (χ1n) is 4.72. The lowest BCUT2D eigenvalue weighted by atomic mass is 9.91. The largest absolute Gasteiger partial charge is 0.366 e. The Kier molecular flexibility index (Phi) is 0.820. The molecule has 11 heavy (non-hydrogen) atoms. The van der Waals surface area contributed by atoms with Crippen LogP contribution in [0.3, 0.4) is 0 Å². The Morgan fingerprint density at radius 3 is 2.55 bits per heavy atom. The van der Waals surface area contributed by atoms with Crippen molar-refractivity contribution in [3.05, 3.63) is 0 Å². The molecule has 0 aromatic rings. The Labute approximate surface area is 68.1 Å². The fourth-order valence-electron chi connectivity index (χ4n) is 3.17. The molecule has 0 N–H and O–H groups in total. The zero-order chi connectivity index (χ0) is 7.85. The standard InChI is InChI=1S/C10H16O/c1-9(2)6-4-8-10(3,11-8)5-7(6)9/h6-8H,4-5H2,1-3H3/t6-,7-,8-,10-/m1/s1. The van der Waals surface area contributed by atoms with Gasteiger partial charge in [-0.2, -0.15) is 0 Å². The molecule has 2 saturated carbocycles. The molecule has 0 aromatic heterocycles. The van der Waals surface area contributed by atoms with E-state index in [2.05, 4.69) is 20.8 Å². The van der Waals surface area contributed by atoms with E-state index in [1.165, 1.54) is 12.8 Å². The Morgan fingerprint density at radius 1 is 1.18 bits per heavy atom. The van der Waals surface area contributed by atoms with Gasteiger partial charge in [0.05, 0.1) is 11.7 Å². The lowest BCUT2D eigenvalue weighted by Gasteiger charge is -2.09. The van der Waals surface area contributed by atoms with Gasteiger partial charge in [0.1, 0.15) is 0 Å². The minimum absolute atomic E-state index is 0.314. The maximum atomic E-state index is 5.66. The topological polar surface area (TPSA) is 12.5 Å². The molecule has 3 rings (SSSR count). The van der Waals surface area contributed by atoms with E-state index in [4.69, 9.17) is 4.74 Å². The second-order valence-corrected chi connectivity index (χ2v) is 5.39. The van der Waals surface area contributed by atoms with Crippen molar-refractivity contribution in [3.63, 3.8) is 0 Å². The zero-order valence-corrected chi connectivity index (χ0v) is 7.55. The minimum Gasteiger partial charge on any atom is -0.366 e. The van der Waals surface area contributed by atoms with Gasteiger partial charge in [-0.3, -0.25) is 0 Å². The molecule has 1 nitrogen and oxygen atoms in total. The van der Waals surface area contributed by atoms with Gasteiger partial charge in [0.2, 0.25) is 0 Å². The van der Waals surface area contributed by atoms with Crippen LogP contribution in [0.5, 0.6) is 0 Å². The smallest absolute Gasteiger partial charge is 0.0923 e. The SMILES string of the molecule is CC1(C)[C@@H]2C[C@H]3O[C@]3(C)C[C@H]21. The van der Waals surface area contributed by atoms with Gasteiger partial charge in [0.15, 0.2) is 0 Å². The van der Waals surface area contributed by atoms with Crippen molar-refractivity contribution in [1.29, 1.82) is 0 Å². The number of rotatable bonds is 0. The molecule has 0 amide bonds. The van der Waals surface area contributed by atoms with Gasteiger partial charge in [0.25, 0.3) is 0 Å². The van der Waals surface area contributed by atoms with E-state index in [-0.39, 0.29) is 0 Å². The molecule has 0 radical (unpaired) electrons. The summed E-state index contributed by atoms with van der Waals surface area (Å²) in [5.41, 5.74) is 0.967. The van der Waals surface area contributed by atoms with Crippen LogP contribution in [-0.4, -0.2) is 11.7 Å². The molecule has 1 aliphatic heterocycles. The third-order valence-electron chi connectivity index (χ3n) is 4.42. The van der Waals surface area contributed by atoms with Gasteiger partial charge < -0.3 is 4.74 Å². The van der Waals surface area contributed by atoms with Gasteiger partial charge in [-0.1, -0.05) is 13.8 Å². The van der Waals surface area contributed by atoms with Crippen LogP contribution in [0.25, 0.3) is 0 Å². The number of hydrogen-bond donors (Lipinski definition) is 0. The number of epoxide rings is 1. The summed E-state index contributed by atoms with van der Waals surface area (Å²) in [6, 6.07) is 0. The van der Waals surface area contributed by atoms with E-state index < -0.39 is 0 Å². The normalized spacial score (nSPS) is 63.0. The Bertz CT molecular complexity index is 221. The first-order valence-corrected chi connectivity index (χ1v) is 4.72. The monoisotopic (exact) mass is 152 g/mol. The average molecular weight is 152 g/mol. The summed E-state index contributed by atoms with van der Waals surface area (Å²) in [5.74, 6) is 1.97. The zero-order valence-electron chi connectivity index (χ0n) is 7.55. The summed E-state index contributed by atoms with van der Waals surface area (Å²) in [6.45, 7) is 7.11. The molecule has 0 bridgehead atoms. The van der Waals surface area contributed by atoms with Crippen molar-refractivity contribution in [2.24, 2.45) is 17.3 Å². The van der Waals surface area contributed by atoms with Crippen molar-refractivity contribution in [2.75, 3.05) is 0 Å². The fourth-order valence-corrected chi connectivity index (χ4v) is 3.17. The molecule has 0 aromatic carbocycles. The Balaban J connectivity index is 1.85. The molecule has 2 aliphatic carbocycles. The summed E-state index contributed by atoms with van der Waals surface area (Å²) >= 11 is 0. The predicted molar refractivity (Wildman–Crippen MR) is 43.3 cm³/mol. The van der Waals surface area contributed by atoms with Gasteiger partial charge in [0, 0.05) is 0 Å². The molecule has 1 heterocycles. The van der Waals surface area contributed by atoms with Crippen LogP contribution in [0.2, 0.25) is 0 Å². The van der Waals surface area contributed by atoms with Gasteiger partial charge in [-0.05, 0) is 37.0 Å². The summed E-state index contributed by atoms with van der Waals surface area (Å²) in [4.78, 5) is 0. The molecule has 62 valence electrons. The molecule has 0 spiro atoms. The fraction of sp³-hybridized carbons (Fsp3) is 1.00. The Morgan fingerprint density at radius 2 is 1.91 bits per heavy atom. The lowest BCUT2D eigenvalue weighted by molar-refractivity contribution is 0.282. The highest BCUT2D eigenvalue weighted by molar-refractivity contribution is 5.18. The van der Waals surface area contributed by atoms with Crippen molar-refractivity contribution in [2.45, 2.75) is 45.3 Å². The molecule has 1 heteroatoms. The lowest BCUT2D eigenvalue weighted by Crippen LogP contribution is -2.16. The van der Waals surface area contributed by atoms with Crippen LogP contribution in [0, 0.1) is 17.3 Å².